The van der Waals surface area contributed by atoms with Gasteiger partial charge in [-0.15, -0.1) is 0 Å². The smallest absolute Gasteiger partial charge is 0.293 e. The molecule has 1 aliphatic heterocycles. The number of carbonyl (C=O) groups is 2. The first-order valence-electron chi connectivity index (χ1n) is 8.97. The number of hydrogen-bond acceptors (Lipinski definition) is 4. The Hall–Kier alpha value is -3.61. The summed E-state index contributed by atoms with van der Waals surface area (Å²) in [5.74, 6) is -1.57. The molecule has 0 radical (unpaired) electrons. The number of carbonyl (C=O) groups excluding carboxylic acids is 2. The van der Waals surface area contributed by atoms with Gasteiger partial charge in [-0.3, -0.25) is 14.4 Å². The van der Waals surface area contributed by atoms with Crippen LogP contribution in [0.5, 0.6) is 5.75 Å². The minimum Gasteiger partial charge on any atom is -0.502 e. The molecule has 0 saturated heterocycles. The molecule has 7 heteroatoms. The molecule has 28 heavy (non-hydrogen) atoms. The molecule has 0 bridgehead atoms. The third-order valence-electron chi connectivity index (χ3n) is 5.13. The van der Waals surface area contributed by atoms with Gasteiger partial charge in [0, 0.05) is 24.7 Å². The van der Waals surface area contributed by atoms with E-state index in [0.717, 1.165) is 11.3 Å². The van der Waals surface area contributed by atoms with Crippen LogP contribution in [0.2, 0.25) is 0 Å². The van der Waals surface area contributed by atoms with Gasteiger partial charge < -0.3 is 20.3 Å². The molecule has 0 aliphatic carbocycles. The monoisotopic (exact) mass is 377 g/mol. The van der Waals surface area contributed by atoms with Gasteiger partial charge in [-0.2, -0.15) is 0 Å². The summed E-state index contributed by atoms with van der Waals surface area (Å²) in [7, 11) is 1.54. The van der Waals surface area contributed by atoms with Crippen molar-refractivity contribution in [3.8, 4) is 5.75 Å². The van der Waals surface area contributed by atoms with E-state index < -0.39 is 17.2 Å². The third-order valence-corrected chi connectivity index (χ3v) is 5.13. The molecule has 3 aromatic rings. The Kier molecular flexibility index (Phi) is 4.35. The quantitative estimate of drug-likeness (QED) is 0.648. The summed E-state index contributed by atoms with van der Waals surface area (Å²) in [5.41, 5.74) is 1.57. The summed E-state index contributed by atoms with van der Waals surface area (Å²) >= 11 is 0. The average molecular weight is 377 g/mol. The van der Waals surface area contributed by atoms with E-state index >= 15 is 0 Å². The highest BCUT2D eigenvalue weighted by Crippen LogP contribution is 2.34. The molecule has 2 amide bonds. The van der Waals surface area contributed by atoms with Gasteiger partial charge in [-0.25, -0.2) is 0 Å². The summed E-state index contributed by atoms with van der Waals surface area (Å²) in [6, 6.07) is 14.4. The Bertz CT molecular complexity index is 1170. The number of para-hydroxylation sites is 2. The number of hydrogen-bond donors (Lipinski definition) is 3. The molecular formula is C21H19N3O4. The first-order chi connectivity index (χ1) is 13.5. The van der Waals surface area contributed by atoms with E-state index in [-0.39, 0.29) is 23.9 Å². The normalized spacial score (nSPS) is 15.3. The second-order valence-electron chi connectivity index (χ2n) is 6.78. The van der Waals surface area contributed by atoms with Crippen LogP contribution in [0.4, 0.5) is 5.69 Å². The summed E-state index contributed by atoms with van der Waals surface area (Å²) in [6.07, 6.45) is 0.415. The van der Waals surface area contributed by atoms with Gasteiger partial charge in [-0.05, 0) is 24.1 Å². The lowest BCUT2D eigenvalue weighted by Gasteiger charge is -2.13. The van der Waals surface area contributed by atoms with Crippen molar-refractivity contribution in [1.29, 1.82) is 0 Å². The van der Waals surface area contributed by atoms with Gasteiger partial charge in [0.2, 0.25) is 5.91 Å². The average Bonchev–Trinajstić information content (AvgIpc) is 3.02. The molecule has 7 nitrogen and oxygen atoms in total. The van der Waals surface area contributed by atoms with Crippen molar-refractivity contribution in [2.45, 2.75) is 12.3 Å². The van der Waals surface area contributed by atoms with Crippen LogP contribution in [0.15, 0.2) is 53.3 Å². The number of pyridine rings is 1. The lowest BCUT2D eigenvalue weighted by Crippen LogP contribution is -2.29. The molecule has 0 fully saturated rings. The molecule has 0 spiro atoms. The zero-order chi connectivity index (χ0) is 19.8. The predicted octanol–water partition coefficient (Wildman–Crippen LogP) is 2.10. The van der Waals surface area contributed by atoms with E-state index in [2.05, 4.69) is 10.6 Å². The molecule has 1 aromatic heterocycles. The number of anilines is 1. The maximum Gasteiger partial charge on any atom is 0.293 e. The molecule has 1 atom stereocenters. The Morgan fingerprint density at radius 1 is 1.14 bits per heavy atom. The van der Waals surface area contributed by atoms with Crippen LogP contribution < -0.4 is 16.2 Å². The second kappa shape index (κ2) is 6.84. The largest absolute Gasteiger partial charge is 0.502 e. The fraction of sp³-hybridized carbons (Fsp3) is 0.190. The molecule has 3 N–H and O–H groups in total. The van der Waals surface area contributed by atoms with Gasteiger partial charge in [0.05, 0.1) is 17.0 Å². The van der Waals surface area contributed by atoms with E-state index in [1.807, 2.05) is 24.3 Å². The minimum atomic E-state index is -0.632. The standard InChI is InChI=1S/C21H19N3O4/c1-24-16-9-5-3-7-14(16)17(18(25)21(24)28)20(27)22-11-10-13-12-6-2-4-8-15(12)23-19(13)26/h2-9,13,25H,10-11H2,1H3,(H,22,27)(H,23,26). The molecular weight excluding hydrogens is 358 g/mol. The zero-order valence-corrected chi connectivity index (χ0v) is 15.2. The highest BCUT2D eigenvalue weighted by molar-refractivity contribution is 6.08. The molecule has 1 unspecified atom stereocenters. The summed E-state index contributed by atoms with van der Waals surface area (Å²) in [5, 5.41) is 16.3. The fourth-order valence-electron chi connectivity index (χ4n) is 3.69. The first-order valence-corrected chi connectivity index (χ1v) is 8.97. The maximum atomic E-state index is 12.7. The highest BCUT2D eigenvalue weighted by atomic mass is 16.3. The van der Waals surface area contributed by atoms with Crippen LogP contribution in [0.3, 0.4) is 0 Å². The van der Waals surface area contributed by atoms with Gasteiger partial charge in [-0.1, -0.05) is 36.4 Å². The van der Waals surface area contributed by atoms with Crippen molar-refractivity contribution in [3.05, 3.63) is 70.0 Å². The number of aromatic hydroxyl groups is 1. The van der Waals surface area contributed by atoms with Crippen LogP contribution >= 0.6 is 0 Å². The van der Waals surface area contributed by atoms with Gasteiger partial charge in [0.1, 0.15) is 0 Å². The van der Waals surface area contributed by atoms with Gasteiger partial charge in [0.15, 0.2) is 5.75 Å². The van der Waals surface area contributed by atoms with Crippen LogP contribution in [0.1, 0.15) is 28.3 Å². The molecule has 4 rings (SSSR count). The van der Waals surface area contributed by atoms with Crippen molar-refractivity contribution in [1.82, 2.24) is 9.88 Å². The molecule has 2 aromatic carbocycles. The van der Waals surface area contributed by atoms with Gasteiger partial charge >= 0.3 is 0 Å². The SMILES string of the molecule is Cn1c(=O)c(O)c(C(=O)NCCC2C(=O)Nc3ccccc32)c2ccccc21. The van der Waals surface area contributed by atoms with Crippen molar-refractivity contribution in [3.63, 3.8) is 0 Å². The van der Waals surface area contributed by atoms with Crippen molar-refractivity contribution >= 4 is 28.4 Å². The van der Waals surface area contributed by atoms with E-state index in [1.54, 1.807) is 31.3 Å². The van der Waals surface area contributed by atoms with Crippen molar-refractivity contribution < 1.29 is 14.7 Å². The summed E-state index contributed by atoms with van der Waals surface area (Å²) < 4.78 is 1.31. The van der Waals surface area contributed by atoms with E-state index in [9.17, 15) is 19.5 Å². The summed E-state index contributed by atoms with van der Waals surface area (Å²) in [4.78, 5) is 37.2. The van der Waals surface area contributed by atoms with Gasteiger partial charge in [0.25, 0.3) is 11.5 Å². The number of amides is 2. The molecule has 142 valence electrons. The minimum absolute atomic E-state index is 0.0463. The predicted molar refractivity (Wildman–Crippen MR) is 106 cm³/mol. The number of nitrogens with one attached hydrogen (secondary N) is 2. The first kappa shape index (κ1) is 17.8. The zero-order valence-electron chi connectivity index (χ0n) is 15.2. The van der Waals surface area contributed by atoms with Crippen LogP contribution in [-0.2, 0) is 11.8 Å². The molecule has 2 heterocycles. The molecule has 1 aliphatic rings. The Morgan fingerprint density at radius 2 is 1.86 bits per heavy atom. The topological polar surface area (TPSA) is 100 Å². The fourth-order valence-corrected chi connectivity index (χ4v) is 3.69. The second-order valence-corrected chi connectivity index (χ2v) is 6.78. The van der Waals surface area contributed by atoms with Crippen LogP contribution in [0.25, 0.3) is 10.9 Å². The lowest BCUT2D eigenvalue weighted by atomic mass is 9.97. The van der Waals surface area contributed by atoms with E-state index in [1.165, 1.54) is 4.57 Å². The van der Waals surface area contributed by atoms with E-state index in [0.29, 0.717) is 17.3 Å². The number of aryl methyl sites for hydroxylation is 1. The Labute approximate surface area is 160 Å². The Morgan fingerprint density at radius 3 is 2.68 bits per heavy atom. The number of fused-ring (bicyclic) bond motifs is 2. The van der Waals surface area contributed by atoms with Crippen molar-refractivity contribution in [2.24, 2.45) is 7.05 Å². The van der Waals surface area contributed by atoms with Crippen LogP contribution in [-0.4, -0.2) is 28.0 Å². The van der Waals surface area contributed by atoms with E-state index in [4.69, 9.17) is 0 Å². The van der Waals surface area contributed by atoms with Crippen molar-refractivity contribution in [2.75, 3.05) is 11.9 Å². The molecule has 0 saturated carbocycles. The number of benzene rings is 2. The Balaban J connectivity index is 1.56. The number of rotatable bonds is 4. The number of aromatic nitrogens is 1. The lowest BCUT2D eigenvalue weighted by molar-refractivity contribution is -0.117. The summed E-state index contributed by atoms with van der Waals surface area (Å²) in [6.45, 7) is 0.230. The number of nitrogens with zero attached hydrogens (tertiary/aromatic N) is 1. The third kappa shape index (κ3) is 2.81. The highest BCUT2D eigenvalue weighted by Gasteiger charge is 2.30. The maximum absolute atomic E-state index is 12.7. The van der Waals surface area contributed by atoms with Crippen LogP contribution in [0, 0.1) is 0 Å².